The molecule has 1 saturated carbocycles. The SMILES string of the molecule is COC(=O)c1sc2ncnc(Nc3ccc(F)cc3O[C@@H]3C[C@H](O)C[C@H](O)C3)c2c1C. The van der Waals surface area contributed by atoms with Crippen LogP contribution in [0.1, 0.15) is 34.5 Å². The maximum Gasteiger partial charge on any atom is 0.348 e. The highest BCUT2D eigenvalue weighted by atomic mass is 32.1. The van der Waals surface area contributed by atoms with E-state index >= 15 is 0 Å². The minimum Gasteiger partial charge on any atom is -0.488 e. The predicted octanol–water partition coefficient (Wildman–Crippen LogP) is 3.32. The summed E-state index contributed by atoms with van der Waals surface area (Å²) in [7, 11) is 1.32. The lowest BCUT2D eigenvalue weighted by atomic mass is 9.92. The van der Waals surface area contributed by atoms with E-state index < -0.39 is 30.1 Å². The Bertz CT molecular complexity index is 1110. The van der Waals surface area contributed by atoms with Crippen LogP contribution in [0.15, 0.2) is 24.5 Å². The maximum atomic E-state index is 14.0. The Labute approximate surface area is 181 Å². The molecule has 0 unspecified atom stereocenters. The number of aliphatic hydroxyl groups is 2. The smallest absolute Gasteiger partial charge is 0.348 e. The molecule has 0 aliphatic heterocycles. The van der Waals surface area contributed by atoms with E-state index in [4.69, 9.17) is 9.47 Å². The number of nitrogens with one attached hydrogen (secondary N) is 1. The summed E-state index contributed by atoms with van der Waals surface area (Å²) in [5.41, 5.74) is 1.14. The van der Waals surface area contributed by atoms with Gasteiger partial charge in [-0.25, -0.2) is 19.2 Å². The number of anilines is 2. The topological polar surface area (TPSA) is 114 Å². The Morgan fingerprint density at radius 1 is 1.23 bits per heavy atom. The maximum absolute atomic E-state index is 14.0. The van der Waals surface area contributed by atoms with Crippen molar-refractivity contribution in [1.29, 1.82) is 0 Å². The van der Waals surface area contributed by atoms with Crippen LogP contribution in [-0.4, -0.2) is 51.6 Å². The molecule has 1 aliphatic rings. The van der Waals surface area contributed by atoms with E-state index in [2.05, 4.69) is 15.3 Å². The van der Waals surface area contributed by atoms with Gasteiger partial charge in [0.25, 0.3) is 0 Å². The molecule has 164 valence electrons. The van der Waals surface area contributed by atoms with Crippen molar-refractivity contribution in [2.24, 2.45) is 0 Å². The number of rotatable bonds is 5. The summed E-state index contributed by atoms with van der Waals surface area (Å²) >= 11 is 1.20. The molecule has 1 fully saturated rings. The summed E-state index contributed by atoms with van der Waals surface area (Å²) in [5, 5.41) is 23.7. The zero-order valence-electron chi connectivity index (χ0n) is 17.0. The summed E-state index contributed by atoms with van der Waals surface area (Å²) in [6, 6.07) is 4.06. The number of aliphatic hydroxyl groups excluding tert-OH is 2. The summed E-state index contributed by atoms with van der Waals surface area (Å²) < 4.78 is 24.7. The Hall–Kier alpha value is -2.82. The fourth-order valence-electron chi connectivity index (χ4n) is 3.76. The second-order valence-electron chi connectivity index (χ2n) is 7.47. The molecule has 0 spiro atoms. The van der Waals surface area contributed by atoms with Crippen LogP contribution < -0.4 is 10.1 Å². The molecule has 3 N–H and O–H groups in total. The minimum absolute atomic E-state index is 0.235. The summed E-state index contributed by atoms with van der Waals surface area (Å²) in [4.78, 5) is 21.6. The number of methoxy groups -OCH3 is 1. The monoisotopic (exact) mass is 447 g/mol. The van der Waals surface area contributed by atoms with Crippen LogP contribution in [-0.2, 0) is 4.74 Å². The number of fused-ring (bicyclic) bond motifs is 1. The highest BCUT2D eigenvalue weighted by Crippen LogP contribution is 2.37. The molecule has 0 saturated heterocycles. The predicted molar refractivity (Wildman–Crippen MR) is 113 cm³/mol. The van der Waals surface area contributed by atoms with Crippen LogP contribution in [0.25, 0.3) is 10.2 Å². The number of benzene rings is 1. The van der Waals surface area contributed by atoms with Gasteiger partial charge in [0.2, 0.25) is 0 Å². The molecule has 1 aromatic carbocycles. The van der Waals surface area contributed by atoms with Crippen LogP contribution in [0, 0.1) is 12.7 Å². The van der Waals surface area contributed by atoms with Crippen LogP contribution in [0.2, 0.25) is 0 Å². The van der Waals surface area contributed by atoms with Gasteiger partial charge in [-0.15, -0.1) is 11.3 Å². The van der Waals surface area contributed by atoms with E-state index in [1.807, 2.05) is 0 Å². The number of halogens is 1. The molecule has 10 heteroatoms. The minimum atomic E-state index is -0.676. The van der Waals surface area contributed by atoms with E-state index in [0.717, 1.165) is 0 Å². The molecule has 31 heavy (non-hydrogen) atoms. The molecular formula is C21H22FN3O5S. The number of thiophene rings is 1. The molecule has 2 heterocycles. The van der Waals surface area contributed by atoms with Crippen molar-refractivity contribution < 1.29 is 28.9 Å². The number of hydrogen-bond donors (Lipinski definition) is 3. The molecule has 0 bridgehead atoms. The summed E-state index contributed by atoms with van der Waals surface area (Å²) in [6.45, 7) is 1.78. The fourth-order valence-corrected chi connectivity index (χ4v) is 4.83. The van der Waals surface area contributed by atoms with Gasteiger partial charge in [-0.05, 0) is 31.0 Å². The number of nitrogens with zero attached hydrogens (tertiary/aromatic N) is 2. The van der Waals surface area contributed by atoms with Crippen molar-refractivity contribution in [3.05, 3.63) is 40.8 Å². The zero-order chi connectivity index (χ0) is 22.1. The average molecular weight is 447 g/mol. The first kappa shape index (κ1) is 21.4. The van der Waals surface area contributed by atoms with Crippen molar-refractivity contribution in [2.75, 3.05) is 12.4 Å². The van der Waals surface area contributed by atoms with Crippen molar-refractivity contribution >= 4 is 39.0 Å². The molecule has 3 aromatic rings. The van der Waals surface area contributed by atoms with Gasteiger partial charge in [-0.2, -0.15) is 0 Å². The van der Waals surface area contributed by atoms with Crippen molar-refractivity contribution in [2.45, 2.75) is 44.5 Å². The highest BCUT2D eigenvalue weighted by molar-refractivity contribution is 7.20. The lowest BCUT2D eigenvalue weighted by Gasteiger charge is -2.30. The Kier molecular flexibility index (Phi) is 6.03. The van der Waals surface area contributed by atoms with Gasteiger partial charge < -0.3 is 25.0 Å². The largest absolute Gasteiger partial charge is 0.488 e. The number of carbonyl (C=O) groups is 1. The molecule has 0 amide bonds. The van der Waals surface area contributed by atoms with Gasteiger partial charge in [0, 0.05) is 18.9 Å². The molecule has 0 radical (unpaired) electrons. The number of aryl methyl sites for hydroxylation is 1. The van der Waals surface area contributed by atoms with Crippen LogP contribution in [0.4, 0.5) is 15.9 Å². The van der Waals surface area contributed by atoms with E-state index in [-0.39, 0.29) is 5.75 Å². The molecule has 2 aromatic heterocycles. The summed E-state index contributed by atoms with van der Waals surface area (Å²) in [6.07, 6.45) is 0.552. The molecule has 8 nitrogen and oxygen atoms in total. The highest BCUT2D eigenvalue weighted by Gasteiger charge is 2.28. The number of esters is 1. The third kappa shape index (κ3) is 4.46. The fraction of sp³-hybridized carbons (Fsp3) is 0.381. The van der Waals surface area contributed by atoms with Crippen molar-refractivity contribution in [3.8, 4) is 5.75 Å². The standard InChI is InChI=1S/C21H22FN3O5S/c1-10-17-19(23-9-24-20(17)31-18(10)21(28)29-2)25-15-4-3-11(22)5-16(15)30-14-7-12(26)6-13(27)8-14/h3-5,9,12-14,26-27H,6-8H2,1-2H3,(H,23,24,25)/t12-,13+,14-. The van der Waals surface area contributed by atoms with Gasteiger partial charge in [-0.1, -0.05) is 0 Å². The normalized spacial score (nSPS) is 21.1. The molecule has 4 rings (SSSR count). The second-order valence-corrected chi connectivity index (χ2v) is 8.47. The van der Waals surface area contributed by atoms with Crippen molar-refractivity contribution in [3.63, 3.8) is 0 Å². The first-order valence-electron chi connectivity index (χ1n) is 9.77. The molecule has 1 aliphatic carbocycles. The Morgan fingerprint density at radius 2 is 1.97 bits per heavy atom. The lowest BCUT2D eigenvalue weighted by molar-refractivity contribution is -0.0153. The van der Waals surface area contributed by atoms with Crippen molar-refractivity contribution in [1.82, 2.24) is 9.97 Å². The molecule has 3 atom stereocenters. The average Bonchev–Trinajstić information content (AvgIpc) is 3.06. The number of aromatic nitrogens is 2. The first-order valence-corrected chi connectivity index (χ1v) is 10.6. The second kappa shape index (κ2) is 8.74. The van der Waals surface area contributed by atoms with Crippen LogP contribution in [0.3, 0.4) is 0 Å². The van der Waals surface area contributed by atoms with E-state index in [1.165, 1.54) is 43.0 Å². The third-order valence-corrected chi connectivity index (χ3v) is 6.38. The Morgan fingerprint density at radius 3 is 2.68 bits per heavy atom. The van der Waals surface area contributed by atoms with Gasteiger partial charge >= 0.3 is 5.97 Å². The van der Waals surface area contributed by atoms with E-state index in [1.54, 1.807) is 6.92 Å². The lowest BCUT2D eigenvalue weighted by Crippen LogP contribution is -2.36. The molecular weight excluding hydrogens is 425 g/mol. The van der Waals surface area contributed by atoms with Crippen LogP contribution >= 0.6 is 11.3 Å². The van der Waals surface area contributed by atoms with Gasteiger partial charge in [0.05, 0.1) is 30.4 Å². The van der Waals surface area contributed by atoms with E-state index in [9.17, 15) is 19.4 Å². The number of hydrogen-bond acceptors (Lipinski definition) is 9. The van der Waals surface area contributed by atoms with Crippen LogP contribution in [0.5, 0.6) is 5.75 Å². The van der Waals surface area contributed by atoms with Gasteiger partial charge in [0.1, 0.15) is 39.5 Å². The quantitative estimate of drug-likeness (QED) is 0.511. The number of ether oxygens (including phenoxy) is 2. The third-order valence-electron chi connectivity index (χ3n) is 5.20. The Balaban J connectivity index is 1.68. The summed E-state index contributed by atoms with van der Waals surface area (Å²) in [5.74, 6) is -0.259. The zero-order valence-corrected chi connectivity index (χ0v) is 17.8. The number of carbonyl (C=O) groups excluding carboxylic acids is 1. The van der Waals surface area contributed by atoms with Gasteiger partial charge in [0.15, 0.2) is 0 Å². The first-order chi connectivity index (χ1) is 14.9. The van der Waals surface area contributed by atoms with Gasteiger partial charge in [-0.3, -0.25) is 0 Å². The van der Waals surface area contributed by atoms with E-state index in [0.29, 0.717) is 51.4 Å².